The third-order valence-corrected chi connectivity index (χ3v) is 4.69. The van der Waals surface area contributed by atoms with Crippen molar-refractivity contribution >= 4 is 17.8 Å². The number of rotatable bonds is 5. The molecule has 2 aromatic rings. The van der Waals surface area contributed by atoms with E-state index in [1.807, 2.05) is 0 Å². The van der Waals surface area contributed by atoms with Gasteiger partial charge in [0.25, 0.3) is 5.91 Å². The standard InChI is InChI=1S/C22H21FN2O4/c1-3-29-22(28)17-13(2)24-21(27)19(18(17)14-9-11-16(23)12-10-14)25-20(26)15-7-5-4-6-8-15/h4-12,18-19H,3H2,1-2H3,(H,24,27)(H,25,26)/t18-,19+/m1/s1. The monoisotopic (exact) mass is 396 g/mol. The van der Waals surface area contributed by atoms with Crippen LogP contribution in [-0.2, 0) is 14.3 Å². The van der Waals surface area contributed by atoms with Crippen LogP contribution in [0.3, 0.4) is 0 Å². The first kappa shape index (κ1) is 20.3. The van der Waals surface area contributed by atoms with Crippen molar-refractivity contribution in [3.05, 3.63) is 82.8 Å². The number of carbonyl (C=O) groups is 3. The third kappa shape index (κ3) is 4.34. The molecule has 1 aliphatic rings. The molecule has 150 valence electrons. The number of nitrogens with one attached hydrogen (secondary N) is 2. The van der Waals surface area contributed by atoms with E-state index in [0.717, 1.165) is 0 Å². The highest BCUT2D eigenvalue weighted by Crippen LogP contribution is 2.34. The van der Waals surface area contributed by atoms with Crippen LogP contribution >= 0.6 is 0 Å². The molecule has 0 fully saturated rings. The van der Waals surface area contributed by atoms with Crippen LogP contribution in [0.5, 0.6) is 0 Å². The van der Waals surface area contributed by atoms with Crippen molar-refractivity contribution in [3.8, 4) is 0 Å². The lowest BCUT2D eigenvalue weighted by Crippen LogP contribution is -2.54. The van der Waals surface area contributed by atoms with Crippen LogP contribution in [0.15, 0.2) is 65.9 Å². The highest BCUT2D eigenvalue weighted by atomic mass is 19.1. The molecule has 1 heterocycles. The summed E-state index contributed by atoms with van der Waals surface area (Å²) in [5.41, 5.74) is 1.45. The smallest absolute Gasteiger partial charge is 0.336 e. The van der Waals surface area contributed by atoms with Crippen LogP contribution in [0.4, 0.5) is 4.39 Å². The van der Waals surface area contributed by atoms with E-state index in [9.17, 15) is 18.8 Å². The summed E-state index contributed by atoms with van der Waals surface area (Å²) in [6.07, 6.45) is 0. The Labute approximate surface area is 167 Å². The van der Waals surface area contributed by atoms with Crippen LogP contribution in [0.1, 0.15) is 35.7 Å². The molecule has 0 radical (unpaired) electrons. The van der Waals surface area contributed by atoms with E-state index in [1.54, 1.807) is 44.2 Å². The Hall–Kier alpha value is -3.48. The van der Waals surface area contributed by atoms with Crippen molar-refractivity contribution < 1.29 is 23.5 Å². The summed E-state index contributed by atoms with van der Waals surface area (Å²) >= 11 is 0. The van der Waals surface area contributed by atoms with E-state index < -0.39 is 35.6 Å². The minimum atomic E-state index is -1.07. The minimum Gasteiger partial charge on any atom is -0.463 e. The van der Waals surface area contributed by atoms with Crippen molar-refractivity contribution in [1.29, 1.82) is 0 Å². The molecule has 2 aromatic carbocycles. The fourth-order valence-electron chi connectivity index (χ4n) is 3.36. The summed E-state index contributed by atoms with van der Waals surface area (Å²) in [5, 5.41) is 5.35. The largest absolute Gasteiger partial charge is 0.463 e. The normalized spacial score (nSPS) is 18.8. The highest BCUT2D eigenvalue weighted by Gasteiger charge is 2.42. The Kier molecular flexibility index (Phi) is 6.07. The van der Waals surface area contributed by atoms with Gasteiger partial charge in [0.15, 0.2) is 0 Å². The summed E-state index contributed by atoms with van der Waals surface area (Å²) in [7, 11) is 0. The third-order valence-electron chi connectivity index (χ3n) is 4.69. The van der Waals surface area contributed by atoms with Crippen molar-refractivity contribution in [2.75, 3.05) is 6.61 Å². The van der Waals surface area contributed by atoms with Gasteiger partial charge in [0, 0.05) is 17.2 Å². The molecule has 0 spiro atoms. The quantitative estimate of drug-likeness (QED) is 0.761. The van der Waals surface area contributed by atoms with E-state index in [0.29, 0.717) is 16.8 Å². The zero-order valence-corrected chi connectivity index (χ0v) is 16.1. The Morgan fingerprint density at radius 1 is 1.10 bits per heavy atom. The minimum absolute atomic E-state index is 0.154. The highest BCUT2D eigenvalue weighted by molar-refractivity contribution is 6.02. The summed E-state index contributed by atoms with van der Waals surface area (Å²) in [5.74, 6) is -2.79. The van der Waals surface area contributed by atoms with Crippen molar-refractivity contribution in [2.45, 2.75) is 25.8 Å². The molecular weight excluding hydrogens is 375 g/mol. The van der Waals surface area contributed by atoms with Crippen LogP contribution < -0.4 is 10.6 Å². The second kappa shape index (κ2) is 8.68. The van der Waals surface area contributed by atoms with Gasteiger partial charge >= 0.3 is 5.97 Å². The first-order valence-corrected chi connectivity index (χ1v) is 9.22. The van der Waals surface area contributed by atoms with Gasteiger partial charge in [0.1, 0.15) is 11.9 Å². The predicted octanol–water partition coefficient (Wildman–Crippen LogP) is 2.67. The van der Waals surface area contributed by atoms with Gasteiger partial charge in [0.05, 0.1) is 12.2 Å². The first-order chi connectivity index (χ1) is 13.9. The molecule has 29 heavy (non-hydrogen) atoms. The van der Waals surface area contributed by atoms with Gasteiger partial charge in [-0.15, -0.1) is 0 Å². The molecule has 2 N–H and O–H groups in total. The van der Waals surface area contributed by atoms with Crippen molar-refractivity contribution in [2.24, 2.45) is 0 Å². The molecular formula is C22H21FN2O4. The average Bonchev–Trinajstić information content (AvgIpc) is 2.71. The average molecular weight is 396 g/mol. The van der Waals surface area contributed by atoms with Gasteiger partial charge in [-0.3, -0.25) is 9.59 Å². The first-order valence-electron chi connectivity index (χ1n) is 9.22. The molecule has 0 saturated carbocycles. The number of esters is 1. The fraction of sp³-hybridized carbons (Fsp3) is 0.227. The van der Waals surface area contributed by atoms with E-state index >= 15 is 0 Å². The number of amides is 2. The van der Waals surface area contributed by atoms with Crippen LogP contribution in [0.2, 0.25) is 0 Å². The fourth-order valence-corrected chi connectivity index (χ4v) is 3.36. The summed E-state index contributed by atoms with van der Waals surface area (Å²) in [6, 6.07) is 12.8. The molecule has 3 rings (SSSR count). The number of hydrogen-bond donors (Lipinski definition) is 2. The predicted molar refractivity (Wildman–Crippen MR) is 104 cm³/mol. The topological polar surface area (TPSA) is 84.5 Å². The van der Waals surface area contributed by atoms with Gasteiger partial charge in [-0.1, -0.05) is 30.3 Å². The molecule has 0 saturated heterocycles. The van der Waals surface area contributed by atoms with Gasteiger partial charge in [-0.2, -0.15) is 0 Å². The molecule has 2 amide bonds. The number of hydrogen-bond acceptors (Lipinski definition) is 4. The summed E-state index contributed by atoms with van der Waals surface area (Å²) < 4.78 is 18.6. The lowest BCUT2D eigenvalue weighted by atomic mass is 9.80. The lowest BCUT2D eigenvalue weighted by Gasteiger charge is -2.34. The van der Waals surface area contributed by atoms with Crippen molar-refractivity contribution in [3.63, 3.8) is 0 Å². The molecule has 1 aliphatic heterocycles. The van der Waals surface area contributed by atoms with Crippen molar-refractivity contribution in [1.82, 2.24) is 10.6 Å². The zero-order valence-electron chi connectivity index (χ0n) is 16.1. The van der Waals surface area contributed by atoms with E-state index in [-0.39, 0.29) is 12.2 Å². The lowest BCUT2D eigenvalue weighted by molar-refractivity contribution is -0.139. The number of benzene rings is 2. The zero-order chi connectivity index (χ0) is 21.0. The number of ether oxygens (including phenoxy) is 1. The van der Waals surface area contributed by atoms with Gasteiger partial charge < -0.3 is 15.4 Å². The van der Waals surface area contributed by atoms with E-state index in [4.69, 9.17) is 4.74 Å². The molecule has 0 unspecified atom stereocenters. The maximum Gasteiger partial charge on any atom is 0.336 e. The van der Waals surface area contributed by atoms with Gasteiger partial charge in [0.2, 0.25) is 5.91 Å². The van der Waals surface area contributed by atoms with E-state index in [2.05, 4.69) is 10.6 Å². The molecule has 2 atom stereocenters. The second-order valence-corrected chi connectivity index (χ2v) is 6.59. The SMILES string of the molecule is CCOC(=O)C1=C(C)NC(=O)[C@@H](NC(=O)c2ccccc2)[C@@H]1c1ccc(F)cc1. The Morgan fingerprint density at radius 3 is 2.38 bits per heavy atom. The summed E-state index contributed by atoms with van der Waals surface area (Å²) in [4.78, 5) is 38.1. The number of allylic oxidation sites excluding steroid dienone is 1. The molecule has 7 heteroatoms. The van der Waals surface area contributed by atoms with Crippen LogP contribution in [-0.4, -0.2) is 30.4 Å². The Morgan fingerprint density at radius 2 is 1.76 bits per heavy atom. The molecule has 0 aliphatic carbocycles. The molecule has 0 aromatic heterocycles. The molecule has 0 bridgehead atoms. The van der Waals surface area contributed by atoms with Gasteiger partial charge in [-0.25, -0.2) is 9.18 Å². The Bertz CT molecular complexity index is 955. The summed E-state index contributed by atoms with van der Waals surface area (Å²) in [6.45, 7) is 3.42. The second-order valence-electron chi connectivity index (χ2n) is 6.59. The maximum absolute atomic E-state index is 13.5. The number of halogens is 1. The van der Waals surface area contributed by atoms with E-state index in [1.165, 1.54) is 24.3 Å². The molecule has 6 nitrogen and oxygen atoms in total. The van der Waals surface area contributed by atoms with Gasteiger partial charge in [-0.05, 0) is 43.7 Å². The van der Waals surface area contributed by atoms with Crippen LogP contribution in [0.25, 0.3) is 0 Å². The number of carbonyl (C=O) groups excluding carboxylic acids is 3. The van der Waals surface area contributed by atoms with Crippen LogP contribution in [0, 0.1) is 5.82 Å². The Balaban J connectivity index is 2.04. The maximum atomic E-state index is 13.5.